The van der Waals surface area contributed by atoms with Crippen LogP contribution in [0.15, 0.2) is 73.1 Å². The normalized spacial score (nSPS) is 13.8. The summed E-state index contributed by atoms with van der Waals surface area (Å²) in [6, 6.07) is 18.8. The Bertz CT molecular complexity index is 903. The molecule has 0 spiro atoms. The number of anilines is 2. The lowest BCUT2D eigenvalue weighted by Crippen LogP contribution is -2.29. The van der Waals surface area contributed by atoms with Gasteiger partial charge in [-0.05, 0) is 79.9 Å². The Morgan fingerprint density at radius 2 is 1.64 bits per heavy atom. The molecule has 1 aliphatic rings. The second kappa shape index (κ2) is 8.57. The van der Waals surface area contributed by atoms with E-state index in [0.29, 0.717) is 17.1 Å². The summed E-state index contributed by atoms with van der Waals surface area (Å²) < 4.78 is 5.70. The number of amides is 1. The molecule has 1 fully saturated rings. The van der Waals surface area contributed by atoms with Gasteiger partial charge in [0.15, 0.2) is 0 Å². The van der Waals surface area contributed by atoms with Gasteiger partial charge >= 0.3 is 0 Å². The predicted molar refractivity (Wildman–Crippen MR) is 111 cm³/mol. The smallest absolute Gasteiger partial charge is 0.255 e. The van der Waals surface area contributed by atoms with Crippen molar-refractivity contribution in [2.75, 3.05) is 23.3 Å². The molecule has 5 heteroatoms. The monoisotopic (exact) mass is 373 g/mol. The molecule has 3 aromatic rings. The van der Waals surface area contributed by atoms with Crippen LogP contribution in [0.5, 0.6) is 11.5 Å². The van der Waals surface area contributed by atoms with Crippen LogP contribution in [0.25, 0.3) is 0 Å². The number of carbonyl (C=O) groups is 1. The first-order valence-electron chi connectivity index (χ1n) is 9.62. The number of piperidine rings is 1. The number of nitrogens with one attached hydrogen (secondary N) is 1. The number of nitrogens with zero attached hydrogens (tertiary/aromatic N) is 2. The summed E-state index contributed by atoms with van der Waals surface area (Å²) in [5.74, 6) is 1.18. The van der Waals surface area contributed by atoms with Crippen LogP contribution in [0, 0.1) is 0 Å². The summed E-state index contributed by atoms with van der Waals surface area (Å²) in [7, 11) is 0. The number of carbonyl (C=O) groups excluding carboxylic acids is 1. The molecule has 0 bridgehead atoms. The summed E-state index contributed by atoms with van der Waals surface area (Å²) in [5.41, 5.74) is 2.59. The Kier molecular flexibility index (Phi) is 5.52. The number of rotatable bonds is 5. The molecule has 1 saturated heterocycles. The van der Waals surface area contributed by atoms with E-state index in [0.717, 1.165) is 18.8 Å². The van der Waals surface area contributed by atoms with Gasteiger partial charge in [0.1, 0.15) is 11.5 Å². The topological polar surface area (TPSA) is 54.5 Å². The van der Waals surface area contributed by atoms with Crippen LogP contribution in [-0.2, 0) is 0 Å². The van der Waals surface area contributed by atoms with Crippen molar-refractivity contribution in [1.82, 2.24) is 4.98 Å². The molecular weight excluding hydrogens is 350 g/mol. The van der Waals surface area contributed by atoms with E-state index in [1.807, 2.05) is 24.3 Å². The van der Waals surface area contributed by atoms with Crippen molar-refractivity contribution >= 4 is 17.3 Å². The van der Waals surface area contributed by atoms with Gasteiger partial charge in [-0.1, -0.05) is 0 Å². The second-order valence-corrected chi connectivity index (χ2v) is 6.86. The molecule has 1 amide bonds. The second-order valence-electron chi connectivity index (χ2n) is 6.86. The zero-order valence-electron chi connectivity index (χ0n) is 15.7. The molecule has 0 radical (unpaired) electrons. The highest BCUT2D eigenvalue weighted by atomic mass is 16.5. The molecule has 1 aromatic heterocycles. The van der Waals surface area contributed by atoms with Gasteiger partial charge < -0.3 is 15.0 Å². The maximum Gasteiger partial charge on any atom is 0.255 e. The molecule has 2 heterocycles. The lowest BCUT2D eigenvalue weighted by molar-refractivity contribution is 0.102. The molecule has 0 aliphatic carbocycles. The third-order valence-electron chi connectivity index (χ3n) is 4.83. The van der Waals surface area contributed by atoms with Gasteiger partial charge in [0, 0.05) is 36.2 Å². The minimum absolute atomic E-state index is 0.140. The van der Waals surface area contributed by atoms with Crippen LogP contribution in [0.1, 0.15) is 29.6 Å². The average Bonchev–Trinajstić information content (AvgIpc) is 2.76. The molecule has 142 valence electrons. The van der Waals surface area contributed by atoms with E-state index in [1.54, 1.807) is 36.7 Å². The SMILES string of the molecule is O=C(Nc1ccc(N2CCCCC2)cc1)c1ccc(Oc2cccnc2)cc1. The van der Waals surface area contributed by atoms with Gasteiger partial charge in [-0.15, -0.1) is 0 Å². The lowest BCUT2D eigenvalue weighted by atomic mass is 10.1. The van der Waals surface area contributed by atoms with Gasteiger partial charge in [-0.2, -0.15) is 0 Å². The van der Waals surface area contributed by atoms with Crippen molar-refractivity contribution in [3.8, 4) is 11.5 Å². The maximum atomic E-state index is 12.5. The summed E-state index contributed by atoms with van der Waals surface area (Å²) >= 11 is 0. The Morgan fingerprint density at radius 1 is 0.893 bits per heavy atom. The first-order valence-corrected chi connectivity index (χ1v) is 9.62. The fraction of sp³-hybridized carbons (Fsp3) is 0.217. The standard InChI is InChI=1S/C23H23N3O2/c27-23(18-6-12-21(13-7-18)28-22-5-4-14-24-17-22)25-19-8-10-20(11-9-19)26-15-2-1-3-16-26/h4-14,17H,1-3,15-16H2,(H,25,27). The Morgan fingerprint density at radius 3 is 2.32 bits per heavy atom. The molecular formula is C23H23N3O2. The van der Waals surface area contributed by atoms with Crippen LogP contribution < -0.4 is 15.0 Å². The third kappa shape index (κ3) is 4.49. The van der Waals surface area contributed by atoms with Crippen molar-refractivity contribution < 1.29 is 9.53 Å². The van der Waals surface area contributed by atoms with Crippen molar-refractivity contribution in [2.24, 2.45) is 0 Å². The molecule has 0 atom stereocenters. The molecule has 0 saturated carbocycles. The molecule has 2 aromatic carbocycles. The fourth-order valence-electron chi connectivity index (χ4n) is 3.33. The number of hydrogen-bond acceptors (Lipinski definition) is 4. The van der Waals surface area contributed by atoms with E-state index in [4.69, 9.17) is 4.74 Å². The van der Waals surface area contributed by atoms with Crippen LogP contribution in [0.4, 0.5) is 11.4 Å². The van der Waals surface area contributed by atoms with Crippen LogP contribution in [0.3, 0.4) is 0 Å². The van der Waals surface area contributed by atoms with Crippen molar-refractivity contribution in [3.05, 3.63) is 78.6 Å². The lowest BCUT2D eigenvalue weighted by Gasteiger charge is -2.28. The quantitative estimate of drug-likeness (QED) is 0.675. The number of hydrogen-bond donors (Lipinski definition) is 1. The van der Waals surface area contributed by atoms with Crippen LogP contribution in [0.2, 0.25) is 0 Å². The number of ether oxygens (including phenoxy) is 1. The van der Waals surface area contributed by atoms with Crippen molar-refractivity contribution in [2.45, 2.75) is 19.3 Å². The minimum Gasteiger partial charge on any atom is -0.456 e. The molecule has 1 aliphatic heterocycles. The Labute approximate surface area is 165 Å². The zero-order chi connectivity index (χ0) is 19.2. The molecule has 0 unspecified atom stereocenters. The number of pyridine rings is 1. The average molecular weight is 373 g/mol. The molecule has 28 heavy (non-hydrogen) atoms. The van der Waals surface area contributed by atoms with E-state index >= 15 is 0 Å². The first kappa shape index (κ1) is 18.0. The highest BCUT2D eigenvalue weighted by molar-refractivity contribution is 6.04. The van der Waals surface area contributed by atoms with Crippen molar-refractivity contribution in [3.63, 3.8) is 0 Å². The van der Waals surface area contributed by atoms with E-state index in [-0.39, 0.29) is 5.91 Å². The van der Waals surface area contributed by atoms with Crippen LogP contribution >= 0.6 is 0 Å². The van der Waals surface area contributed by atoms with Gasteiger partial charge in [0.2, 0.25) is 0 Å². The first-order chi connectivity index (χ1) is 13.8. The highest BCUT2D eigenvalue weighted by Gasteiger charge is 2.11. The van der Waals surface area contributed by atoms with E-state index < -0.39 is 0 Å². The summed E-state index contributed by atoms with van der Waals surface area (Å²) in [6.07, 6.45) is 7.15. The minimum atomic E-state index is -0.140. The van der Waals surface area contributed by atoms with E-state index in [1.165, 1.54) is 24.9 Å². The van der Waals surface area contributed by atoms with Gasteiger partial charge in [-0.3, -0.25) is 9.78 Å². The number of aromatic nitrogens is 1. The summed E-state index contributed by atoms with van der Waals surface area (Å²) in [6.45, 7) is 2.22. The largest absolute Gasteiger partial charge is 0.456 e. The molecule has 1 N–H and O–H groups in total. The van der Waals surface area contributed by atoms with Crippen LogP contribution in [-0.4, -0.2) is 24.0 Å². The van der Waals surface area contributed by atoms with Gasteiger partial charge in [0.25, 0.3) is 5.91 Å². The zero-order valence-corrected chi connectivity index (χ0v) is 15.7. The fourth-order valence-corrected chi connectivity index (χ4v) is 3.33. The predicted octanol–water partition coefficient (Wildman–Crippen LogP) is 5.12. The maximum absolute atomic E-state index is 12.5. The summed E-state index contributed by atoms with van der Waals surface area (Å²) in [4.78, 5) is 18.9. The van der Waals surface area contributed by atoms with Gasteiger partial charge in [-0.25, -0.2) is 0 Å². The van der Waals surface area contributed by atoms with Crippen molar-refractivity contribution in [1.29, 1.82) is 0 Å². The van der Waals surface area contributed by atoms with E-state index in [9.17, 15) is 4.79 Å². The van der Waals surface area contributed by atoms with Gasteiger partial charge in [0.05, 0.1) is 6.20 Å². The molecule has 4 rings (SSSR count). The highest BCUT2D eigenvalue weighted by Crippen LogP contribution is 2.23. The Balaban J connectivity index is 1.36. The summed E-state index contributed by atoms with van der Waals surface area (Å²) in [5, 5.41) is 2.95. The molecule has 5 nitrogen and oxygen atoms in total. The van der Waals surface area contributed by atoms with E-state index in [2.05, 4.69) is 27.3 Å². The third-order valence-corrected chi connectivity index (χ3v) is 4.83. The Hall–Kier alpha value is -3.34. The number of benzene rings is 2.